The van der Waals surface area contributed by atoms with E-state index in [1.54, 1.807) is 0 Å². The van der Waals surface area contributed by atoms with Crippen molar-refractivity contribution < 1.29 is 23.1 Å². The summed E-state index contributed by atoms with van der Waals surface area (Å²) in [4.78, 5) is 17.9. The summed E-state index contributed by atoms with van der Waals surface area (Å²) in [6.07, 6.45) is 0.822. The van der Waals surface area contributed by atoms with Gasteiger partial charge in [-0.15, -0.1) is 0 Å². The van der Waals surface area contributed by atoms with Crippen LogP contribution in [0.2, 0.25) is 0 Å². The van der Waals surface area contributed by atoms with Gasteiger partial charge in [0.2, 0.25) is 0 Å². The van der Waals surface area contributed by atoms with E-state index >= 15 is 0 Å². The lowest BCUT2D eigenvalue weighted by molar-refractivity contribution is 0.371. The predicted octanol–water partition coefficient (Wildman–Crippen LogP) is 6.38. The first kappa shape index (κ1) is 26.7. The molecular weight excluding hydrogens is 523 g/mol. The molecule has 3 aromatic carbocycles. The van der Waals surface area contributed by atoms with Gasteiger partial charge in [-0.25, -0.2) is 8.78 Å². The average molecular weight is 552 g/mol. The third-order valence-corrected chi connectivity index (χ3v) is 7.46. The second kappa shape index (κ2) is 11.7. The molecule has 3 N–H and O–H groups in total. The van der Waals surface area contributed by atoms with E-state index in [2.05, 4.69) is 39.4 Å². The molecule has 3 rings (SSSR count). The Balaban J connectivity index is 1.83. The molecule has 34 heavy (non-hydrogen) atoms. The molecule has 0 heterocycles. The Morgan fingerprint density at radius 2 is 1.62 bits per heavy atom. The molecule has 182 valence electrons. The van der Waals surface area contributed by atoms with Crippen molar-refractivity contribution in [2.75, 3.05) is 12.7 Å². The van der Waals surface area contributed by atoms with Gasteiger partial charge in [0, 0.05) is 23.0 Å². The summed E-state index contributed by atoms with van der Waals surface area (Å²) >= 11 is 3.65. The van der Waals surface area contributed by atoms with Crippen LogP contribution in [0, 0.1) is 25.5 Å². The molecule has 0 saturated heterocycles. The Bertz CT molecular complexity index is 1180. The standard InChI is InChI=1S/C26H29BrF2NO3P/c1-17-4-5-19(10-18(17)2)11-25(21-13-22(28)15-23(29)14-21)24-7-6-20(12-26(24)27)16-30-8-3-9-34(31,32)33/h4-7,10,12-15,25,30H,3,8-9,11,16H2,1-2H3,(H2,31,32,33). The van der Waals surface area contributed by atoms with Gasteiger partial charge in [0.15, 0.2) is 0 Å². The van der Waals surface area contributed by atoms with Crippen LogP contribution in [0.5, 0.6) is 0 Å². The fourth-order valence-corrected chi connectivity index (χ4v) is 5.23. The maximum absolute atomic E-state index is 14.1. The molecule has 3 aromatic rings. The average Bonchev–Trinajstić information content (AvgIpc) is 2.73. The van der Waals surface area contributed by atoms with Crippen LogP contribution < -0.4 is 5.32 Å². The molecule has 0 saturated carbocycles. The smallest absolute Gasteiger partial charge is 0.324 e. The van der Waals surface area contributed by atoms with Crippen LogP contribution in [-0.2, 0) is 17.5 Å². The predicted molar refractivity (Wildman–Crippen MR) is 135 cm³/mol. The van der Waals surface area contributed by atoms with Crippen molar-refractivity contribution in [1.29, 1.82) is 0 Å². The lowest BCUT2D eigenvalue weighted by atomic mass is 9.85. The fourth-order valence-electron chi connectivity index (χ4n) is 3.96. The molecule has 0 radical (unpaired) electrons. The third kappa shape index (κ3) is 7.82. The number of rotatable bonds is 10. The van der Waals surface area contributed by atoms with E-state index in [-0.39, 0.29) is 12.1 Å². The first-order valence-corrected chi connectivity index (χ1v) is 13.7. The number of hydrogen-bond acceptors (Lipinski definition) is 2. The van der Waals surface area contributed by atoms with Crippen molar-refractivity contribution in [2.24, 2.45) is 0 Å². The first-order valence-electron chi connectivity index (χ1n) is 11.1. The number of hydrogen-bond donors (Lipinski definition) is 3. The van der Waals surface area contributed by atoms with Gasteiger partial charge in [-0.05, 0) is 84.8 Å². The molecule has 0 bridgehead atoms. The molecule has 0 aliphatic heterocycles. The summed E-state index contributed by atoms with van der Waals surface area (Å²) in [5, 5.41) is 3.18. The van der Waals surface area contributed by atoms with Crippen LogP contribution in [-0.4, -0.2) is 22.5 Å². The zero-order chi connectivity index (χ0) is 24.9. The minimum absolute atomic E-state index is 0.146. The lowest BCUT2D eigenvalue weighted by Gasteiger charge is -2.21. The van der Waals surface area contributed by atoms with Crippen molar-refractivity contribution >= 4 is 23.5 Å². The zero-order valence-electron chi connectivity index (χ0n) is 19.2. The molecule has 0 aromatic heterocycles. The molecule has 0 fully saturated rings. The van der Waals surface area contributed by atoms with E-state index in [4.69, 9.17) is 9.79 Å². The van der Waals surface area contributed by atoms with E-state index in [1.165, 1.54) is 23.3 Å². The fraction of sp³-hybridized carbons (Fsp3) is 0.308. The van der Waals surface area contributed by atoms with Crippen molar-refractivity contribution in [3.8, 4) is 0 Å². The normalized spacial score (nSPS) is 12.7. The number of benzene rings is 3. The maximum Gasteiger partial charge on any atom is 0.325 e. The molecule has 0 aliphatic carbocycles. The van der Waals surface area contributed by atoms with E-state index < -0.39 is 19.2 Å². The molecule has 0 amide bonds. The quantitative estimate of drug-likeness (QED) is 0.202. The van der Waals surface area contributed by atoms with Crippen LogP contribution in [0.1, 0.15) is 45.7 Å². The number of aryl methyl sites for hydroxylation is 2. The minimum atomic E-state index is -3.98. The van der Waals surface area contributed by atoms with Gasteiger partial charge < -0.3 is 15.1 Å². The Morgan fingerprint density at radius 3 is 2.24 bits per heavy atom. The highest BCUT2D eigenvalue weighted by Crippen LogP contribution is 2.36. The lowest BCUT2D eigenvalue weighted by Crippen LogP contribution is -2.16. The van der Waals surface area contributed by atoms with Gasteiger partial charge in [0.1, 0.15) is 11.6 Å². The molecular formula is C26H29BrF2NO3P. The summed E-state index contributed by atoms with van der Waals surface area (Å²) in [6, 6.07) is 15.8. The van der Waals surface area contributed by atoms with Gasteiger partial charge in [-0.3, -0.25) is 4.57 Å². The van der Waals surface area contributed by atoms with Crippen LogP contribution in [0.3, 0.4) is 0 Å². The molecule has 1 atom stereocenters. The number of halogens is 3. The molecule has 8 heteroatoms. The second-order valence-electron chi connectivity index (χ2n) is 8.65. The summed E-state index contributed by atoms with van der Waals surface area (Å²) in [5.41, 5.74) is 5.92. The van der Waals surface area contributed by atoms with Crippen LogP contribution in [0.4, 0.5) is 8.78 Å². The van der Waals surface area contributed by atoms with Crippen LogP contribution in [0.15, 0.2) is 59.1 Å². The second-order valence-corrected chi connectivity index (χ2v) is 11.3. The highest BCUT2D eigenvalue weighted by atomic mass is 79.9. The Labute approximate surface area is 207 Å². The van der Waals surface area contributed by atoms with Gasteiger partial charge in [0.05, 0.1) is 6.16 Å². The first-order chi connectivity index (χ1) is 16.0. The monoisotopic (exact) mass is 551 g/mol. The van der Waals surface area contributed by atoms with Crippen LogP contribution >= 0.6 is 23.5 Å². The maximum atomic E-state index is 14.1. The highest BCUT2D eigenvalue weighted by Gasteiger charge is 2.20. The molecule has 0 spiro atoms. The summed E-state index contributed by atoms with van der Waals surface area (Å²) in [6.45, 7) is 5.13. The van der Waals surface area contributed by atoms with Crippen molar-refractivity contribution in [2.45, 2.75) is 39.2 Å². The minimum Gasteiger partial charge on any atom is -0.324 e. The highest BCUT2D eigenvalue weighted by molar-refractivity contribution is 9.10. The van der Waals surface area contributed by atoms with E-state index in [0.717, 1.165) is 27.2 Å². The van der Waals surface area contributed by atoms with E-state index in [1.807, 2.05) is 32.0 Å². The SMILES string of the molecule is Cc1ccc(CC(c2cc(F)cc(F)c2)c2ccc(CNCCCP(=O)(O)O)cc2Br)cc1C. The Hall–Kier alpha value is -1.89. The van der Waals surface area contributed by atoms with Crippen LogP contribution in [0.25, 0.3) is 0 Å². The Kier molecular flexibility index (Phi) is 9.19. The van der Waals surface area contributed by atoms with Crippen molar-refractivity contribution in [1.82, 2.24) is 5.32 Å². The van der Waals surface area contributed by atoms with Crippen molar-refractivity contribution in [3.63, 3.8) is 0 Å². The third-order valence-electron chi connectivity index (χ3n) is 5.87. The summed E-state index contributed by atoms with van der Waals surface area (Å²) < 4.78 is 40.0. The van der Waals surface area contributed by atoms with Crippen molar-refractivity contribution in [3.05, 3.63) is 104 Å². The summed E-state index contributed by atoms with van der Waals surface area (Å²) in [5.74, 6) is -1.47. The van der Waals surface area contributed by atoms with E-state index in [9.17, 15) is 13.3 Å². The number of nitrogens with one attached hydrogen (secondary N) is 1. The topological polar surface area (TPSA) is 69.6 Å². The Morgan fingerprint density at radius 1 is 0.941 bits per heavy atom. The summed E-state index contributed by atoms with van der Waals surface area (Å²) in [7, 11) is -3.98. The molecule has 0 aliphatic rings. The van der Waals surface area contributed by atoms with Gasteiger partial charge >= 0.3 is 7.60 Å². The van der Waals surface area contributed by atoms with Gasteiger partial charge in [-0.2, -0.15) is 0 Å². The van der Waals surface area contributed by atoms with Gasteiger partial charge in [-0.1, -0.05) is 46.3 Å². The largest absolute Gasteiger partial charge is 0.325 e. The zero-order valence-corrected chi connectivity index (χ0v) is 21.7. The van der Waals surface area contributed by atoms with E-state index in [0.29, 0.717) is 31.5 Å². The van der Waals surface area contributed by atoms with Gasteiger partial charge in [0.25, 0.3) is 0 Å². The molecule has 4 nitrogen and oxygen atoms in total. The molecule has 1 unspecified atom stereocenters.